The van der Waals surface area contributed by atoms with Crippen LogP contribution in [0.15, 0.2) is 82.7 Å². The summed E-state index contributed by atoms with van der Waals surface area (Å²) in [5.41, 5.74) is 2.45. The van der Waals surface area contributed by atoms with Crippen LogP contribution < -0.4 is 10.9 Å². The number of benzene rings is 3. The van der Waals surface area contributed by atoms with Gasteiger partial charge >= 0.3 is 0 Å². The van der Waals surface area contributed by atoms with Crippen LogP contribution in [0, 0.1) is 17.0 Å². The lowest BCUT2D eigenvalue weighted by molar-refractivity contribution is -0.384. The molecule has 1 aromatic heterocycles. The van der Waals surface area contributed by atoms with E-state index in [-0.39, 0.29) is 17.2 Å². The first-order valence-electron chi connectivity index (χ1n) is 10.1. The van der Waals surface area contributed by atoms with Crippen LogP contribution in [0.2, 0.25) is 0 Å². The summed E-state index contributed by atoms with van der Waals surface area (Å²) in [5.74, 6) is -0.313. The summed E-state index contributed by atoms with van der Waals surface area (Å²) in [6.45, 7) is 3.68. The molecule has 4 rings (SSSR count). The average molecular weight is 461 g/mol. The second-order valence-electron chi connectivity index (χ2n) is 7.44. The summed E-state index contributed by atoms with van der Waals surface area (Å²) in [4.78, 5) is 41.1. The molecule has 0 saturated heterocycles. The van der Waals surface area contributed by atoms with Crippen LogP contribution >= 0.6 is 11.8 Å². The molecule has 0 aliphatic heterocycles. The highest BCUT2D eigenvalue weighted by molar-refractivity contribution is 8.00. The van der Waals surface area contributed by atoms with Crippen LogP contribution in [0.5, 0.6) is 0 Å². The van der Waals surface area contributed by atoms with Gasteiger partial charge in [0.1, 0.15) is 0 Å². The summed E-state index contributed by atoms with van der Waals surface area (Å²) in [6, 6.07) is 20.2. The predicted molar refractivity (Wildman–Crippen MR) is 129 cm³/mol. The maximum Gasteiger partial charge on any atom is 0.269 e. The number of carbonyl (C=O) groups excluding carboxylic acids is 1. The number of nitrogens with zero attached hydrogens (tertiary/aromatic N) is 3. The molecule has 3 aromatic carbocycles. The number of nitro groups is 1. The van der Waals surface area contributed by atoms with E-state index in [9.17, 15) is 19.7 Å². The molecule has 1 unspecified atom stereocenters. The molecule has 33 heavy (non-hydrogen) atoms. The van der Waals surface area contributed by atoms with E-state index in [1.165, 1.54) is 40.6 Å². The summed E-state index contributed by atoms with van der Waals surface area (Å²) in [6.07, 6.45) is 0. The van der Waals surface area contributed by atoms with Gasteiger partial charge in [0.2, 0.25) is 5.91 Å². The molecule has 0 spiro atoms. The third kappa shape index (κ3) is 4.78. The molecular formula is C24H20N4O4S. The number of nitrogens with one attached hydrogen (secondary N) is 1. The Bertz CT molecular complexity index is 1400. The van der Waals surface area contributed by atoms with Crippen molar-refractivity contribution >= 4 is 39.9 Å². The van der Waals surface area contributed by atoms with Gasteiger partial charge in [-0.2, -0.15) is 0 Å². The number of thioether (sulfide) groups is 1. The van der Waals surface area contributed by atoms with Crippen LogP contribution in [0.1, 0.15) is 12.5 Å². The molecule has 1 atom stereocenters. The second-order valence-corrected chi connectivity index (χ2v) is 8.75. The molecule has 166 valence electrons. The number of anilines is 1. The van der Waals surface area contributed by atoms with Crippen LogP contribution in [0.3, 0.4) is 0 Å². The monoisotopic (exact) mass is 460 g/mol. The predicted octanol–water partition coefficient (Wildman–Crippen LogP) is 4.72. The van der Waals surface area contributed by atoms with Gasteiger partial charge in [-0.1, -0.05) is 41.6 Å². The molecule has 1 heterocycles. The first-order valence-corrected chi connectivity index (χ1v) is 11.0. The van der Waals surface area contributed by atoms with E-state index < -0.39 is 10.2 Å². The summed E-state index contributed by atoms with van der Waals surface area (Å²) < 4.78 is 1.52. The highest BCUT2D eigenvalue weighted by Crippen LogP contribution is 2.26. The topological polar surface area (TPSA) is 107 Å². The summed E-state index contributed by atoms with van der Waals surface area (Å²) >= 11 is 1.17. The van der Waals surface area contributed by atoms with Gasteiger partial charge in [0, 0.05) is 17.8 Å². The maximum absolute atomic E-state index is 13.3. The van der Waals surface area contributed by atoms with Gasteiger partial charge in [-0.05, 0) is 50.2 Å². The minimum Gasteiger partial charge on any atom is -0.325 e. The Kier molecular flexibility index (Phi) is 6.23. The zero-order chi connectivity index (χ0) is 23.5. The number of amides is 1. The Balaban J connectivity index is 1.66. The first kappa shape index (κ1) is 22.2. The van der Waals surface area contributed by atoms with Crippen LogP contribution in [-0.4, -0.2) is 25.6 Å². The zero-order valence-corrected chi connectivity index (χ0v) is 18.7. The molecule has 9 heteroatoms. The van der Waals surface area contributed by atoms with E-state index in [0.29, 0.717) is 27.4 Å². The number of nitro benzene ring substituents is 1. The van der Waals surface area contributed by atoms with Crippen molar-refractivity contribution < 1.29 is 9.72 Å². The molecule has 0 aliphatic rings. The number of hydrogen-bond donors (Lipinski definition) is 1. The van der Waals surface area contributed by atoms with E-state index in [2.05, 4.69) is 10.3 Å². The van der Waals surface area contributed by atoms with Gasteiger partial charge in [-0.15, -0.1) is 0 Å². The Hall–Kier alpha value is -3.98. The molecule has 0 saturated carbocycles. The molecule has 8 nitrogen and oxygen atoms in total. The number of carbonyl (C=O) groups is 1. The summed E-state index contributed by atoms with van der Waals surface area (Å²) in [7, 11) is 0. The van der Waals surface area contributed by atoms with E-state index >= 15 is 0 Å². The molecule has 1 amide bonds. The number of rotatable bonds is 6. The van der Waals surface area contributed by atoms with Crippen molar-refractivity contribution in [1.82, 2.24) is 9.55 Å². The first-order chi connectivity index (χ1) is 15.8. The van der Waals surface area contributed by atoms with Gasteiger partial charge in [0.05, 0.1) is 26.8 Å². The number of fused-ring (bicyclic) bond motifs is 1. The third-order valence-electron chi connectivity index (χ3n) is 5.03. The normalized spacial score (nSPS) is 11.8. The zero-order valence-electron chi connectivity index (χ0n) is 17.9. The third-order valence-corrected chi connectivity index (χ3v) is 6.09. The molecule has 0 aliphatic carbocycles. The smallest absolute Gasteiger partial charge is 0.269 e. The molecule has 0 radical (unpaired) electrons. The minimum atomic E-state index is -0.593. The minimum absolute atomic E-state index is 0.0575. The largest absolute Gasteiger partial charge is 0.325 e. The van der Waals surface area contributed by atoms with Crippen molar-refractivity contribution in [2.24, 2.45) is 0 Å². The lowest BCUT2D eigenvalue weighted by Gasteiger charge is -2.16. The fourth-order valence-electron chi connectivity index (χ4n) is 3.23. The van der Waals surface area contributed by atoms with Crippen LogP contribution in [0.25, 0.3) is 16.6 Å². The number of hydrogen-bond acceptors (Lipinski definition) is 6. The molecule has 0 fully saturated rings. The van der Waals surface area contributed by atoms with Crippen LogP contribution in [-0.2, 0) is 4.79 Å². The Morgan fingerprint density at radius 2 is 1.73 bits per heavy atom. The van der Waals surface area contributed by atoms with E-state index in [1.54, 1.807) is 25.1 Å². The quantitative estimate of drug-likeness (QED) is 0.193. The molecule has 1 N–H and O–H groups in total. The Morgan fingerprint density at radius 1 is 1.06 bits per heavy atom. The fourth-order valence-corrected chi connectivity index (χ4v) is 4.16. The van der Waals surface area contributed by atoms with Crippen molar-refractivity contribution in [1.29, 1.82) is 0 Å². The SMILES string of the molecule is Cc1ccc(-n2c(SC(C)C(=O)Nc3ccc([N+](=O)[O-])cc3)nc3ccccc3c2=O)cc1. The van der Waals surface area contributed by atoms with E-state index in [0.717, 1.165) is 5.56 Å². The Labute approximate surface area is 193 Å². The number of non-ortho nitro benzene ring substituents is 1. The fraction of sp³-hybridized carbons (Fsp3) is 0.125. The van der Waals surface area contributed by atoms with E-state index in [1.807, 2.05) is 37.3 Å². The van der Waals surface area contributed by atoms with Crippen molar-refractivity contribution in [3.8, 4) is 5.69 Å². The Morgan fingerprint density at radius 3 is 2.39 bits per heavy atom. The lowest BCUT2D eigenvalue weighted by atomic mass is 10.2. The van der Waals surface area contributed by atoms with Crippen molar-refractivity contribution in [2.75, 3.05) is 5.32 Å². The second kappa shape index (κ2) is 9.25. The van der Waals surface area contributed by atoms with Crippen molar-refractivity contribution in [3.05, 3.63) is 98.8 Å². The average Bonchev–Trinajstić information content (AvgIpc) is 2.80. The van der Waals surface area contributed by atoms with Gasteiger partial charge in [-0.3, -0.25) is 24.3 Å². The highest BCUT2D eigenvalue weighted by Gasteiger charge is 2.20. The van der Waals surface area contributed by atoms with Gasteiger partial charge in [-0.25, -0.2) is 4.98 Å². The number of aryl methyl sites for hydroxylation is 1. The van der Waals surface area contributed by atoms with Gasteiger partial charge < -0.3 is 5.32 Å². The molecule has 4 aromatic rings. The maximum atomic E-state index is 13.3. The van der Waals surface area contributed by atoms with Gasteiger partial charge in [0.15, 0.2) is 5.16 Å². The van der Waals surface area contributed by atoms with Crippen molar-refractivity contribution in [3.63, 3.8) is 0 Å². The van der Waals surface area contributed by atoms with E-state index in [4.69, 9.17) is 0 Å². The molecule has 0 bridgehead atoms. The molecular weight excluding hydrogens is 440 g/mol. The highest BCUT2D eigenvalue weighted by atomic mass is 32.2. The van der Waals surface area contributed by atoms with Gasteiger partial charge in [0.25, 0.3) is 11.2 Å². The number of aromatic nitrogens is 2. The number of para-hydroxylation sites is 1. The standard InChI is InChI=1S/C24H20N4O4S/c1-15-7-11-18(12-8-15)27-23(30)20-5-3-4-6-21(20)26-24(27)33-16(2)22(29)25-17-9-13-19(14-10-17)28(31)32/h3-14,16H,1-2H3,(H,25,29). The van der Waals surface area contributed by atoms with Crippen molar-refractivity contribution in [2.45, 2.75) is 24.3 Å². The lowest BCUT2D eigenvalue weighted by Crippen LogP contribution is -2.26. The summed E-state index contributed by atoms with van der Waals surface area (Å²) in [5, 5.41) is 13.9. The van der Waals surface area contributed by atoms with Crippen LogP contribution in [0.4, 0.5) is 11.4 Å².